The highest BCUT2D eigenvalue weighted by atomic mass is 16.5. The number of hydrogen-bond acceptors (Lipinski definition) is 4. The fourth-order valence-corrected chi connectivity index (χ4v) is 2.78. The predicted molar refractivity (Wildman–Crippen MR) is 76.3 cm³/mol. The molecule has 2 unspecified atom stereocenters. The number of carbonyl (C=O) groups is 2. The number of amides is 1. The van der Waals surface area contributed by atoms with Crippen molar-refractivity contribution in [2.24, 2.45) is 5.41 Å². The summed E-state index contributed by atoms with van der Waals surface area (Å²) >= 11 is 0. The van der Waals surface area contributed by atoms with Gasteiger partial charge >= 0.3 is 5.97 Å². The van der Waals surface area contributed by atoms with E-state index in [1.54, 1.807) is 19.1 Å². The Morgan fingerprint density at radius 1 is 1.48 bits per heavy atom. The molecule has 0 spiro atoms. The van der Waals surface area contributed by atoms with Gasteiger partial charge in [-0.2, -0.15) is 0 Å². The van der Waals surface area contributed by atoms with Crippen molar-refractivity contribution in [3.63, 3.8) is 0 Å². The summed E-state index contributed by atoms with van der Waals surface area (Å²) < 4.78 is 5.07. The Balaban J connectivity index is 2.19. The molecule has 0 radical (unpaired) electrons. The molecule has 1 fully saturated rings. The maximum Gasteiger partial charge on any atom is 0.311 e. The van der Waals surface area contributed by atoms with Gasteiger partial charge in [0, 0.05) is 12.2 Å². The molecular weight excluding hydrogens is 272 g/mol. The third-order valence-corrected chi connectivity index (χ3v) is 4.21. The van der Waals surface area contributed by atoms with Gasteiger partial charge in [0.05, 0.1) is 12.5 Å². The maximum absolute atomic E-state index is 12.4. The van der Waals surface area contributed by atoms with Crippen molar-refractivity contribution in [2.45, 2.75) is 38.6 Å². The van der Waals surface area contributed by atoms with E-state index in [1.807, 2.05) is 0 Å². The summed E-state index contributed by atoms with van der Waals surface area (Å²) in [5.41, 5.74) is -0.609. The molecule has 1 aliphatic carbocycles. The van der Waals surface area contributed by atoms with Crippen molar-refractivity contribution in [3.05, 3.63) is 23.9 Å². The fourth-order valence-electron chi connectivity index (χ4n) is 2.78. The number of aliphatic carboxylic acids is 1. The number of carbonyl (C=O) groups excluding carboxylic acids is 1. The zero-order chi connectivity index (χ0) is 15.5. The van der Waals surface area contributed by atoms with E-state index in [4.69, 9.17) is 4.74 Å². The molecule has 21 heavy (non-hydrogen) atoms. The number of nitrogens with one attached hydrogen (secondary N) is 1. The molecule has 0 bridgehead atoms. The van der Waals surface area contributed by atoms with Gasteiger partial charge in [0.1, 0.15) is 5.56 Å². The van der Waals surface area contributed by atoms with Gasteiger partial charge in [-0.15, -0.1) is 0 Å². The second-order valence-electron chi connectivity index (χ2n) is 5.55. The summed E-state index contributed by atoms with van der Waals surface area (Å²) in [5.74, 6) is -0.979. The Morgan fingerprint density at radius 3 is 2.90 bits per heavy atom. The van der Waals surface area contributed by atoms with Crippen LogP contribution in [0.25, 0.3) is 0 Å². The van der Waals surface area contributed by atoms with E-state index < -0.39 is 11.4 Å². The number of ether oxygens (including phenoxy) is 1. The molecule has 2 N–H and O–H groups in total. The SMILES string of the molecule is COc1ncccc1C(=O)NC1CCCCC1(C)C(=O)O. The van der Waals surface area contributed by atoms with Crippen LogP contribution in [0.15, 0.2) is 18.3 Å². The third-order valence-electron chi connectivity index (χ3n) is 4.21. The van der Waals surface area contributed by atoms with Gasteiger partial charge in [0.2, 0.25) is 5.88 Å². The Hall–Kier alpha value is -2.11. The van der Waals surface area contributed by atoms with Crippen LogP contribution in [0.5, 0.6) is 5.88 Å². The second kappa shape index (κ2) is 6.11. The highest BCUT2D eigenvalue weighted by Crippen LogP contribution is 2.36. The molecule has 1 amide bonds. The molecule has 1 aliphatic rings. The first-order chi connectivity index (χ1) is 9.99. The van der Waals surface area contributed by atoms with Crippen LogP contribution >= 0.6 is 0 Å². The van der Waals surface area contributed by atoms with Gasteiger partial charge in [-0.05, 0) is 31.9 Å². The van der Waals surface area contributed by atoms with Crippen LogP contribution in [0.4, 0.5) is 0 Å². The zero-order valence-corrected chi connectivity index (χ0v) is 12.3. The fraction of sp³-hybridized carbons (Fsp3) is 0.533. The molecule has 6 heteroatoms. The zero-order valence-electron chi connectivity index (χ0n) is 12.3. The van der Waals surface area contributed by atoms with Crippen molar-refractivity contribution in [3.8, 4) is 5.88 Å². The van der Waals surface area contributed by atoms with E-state index in [0.717, 1.165) is 12.8 Å². The standard InChI is InChI=1S/C15H20N2O4/c1-15(14(19)20)8-4-3-7-11(15)17-12(18)10-6-5-9-16-13(10)21-2/h5-6,9,11H,3-4,7-8H2,1-2H3,(H,17,18)(H,19,20). The third kappa shape index (κ3) is 2.99. The quantitative estimate of drug-likeness (QED) is 0.884. The summed E-state index contributed by atoms with van der Waals surface area (Å²) in [7, 11) is 1.45. The normalized spacial score (nSPS) is 25.1. The van der Waals surface area contributed by atoms with E-state index in [1.165, 1.54) is 13.3 Å². The lowest BCUT2D eigenvalue weighted by molar-refractivity contribution is -0.151. The van der Waals surface area contributed by atoms with Crippen molar-refractivity contribution >= 4 is 11.9 Å². The Kier molecular flexibility index (Phi) is 4.45. The summed E-state index contributed by atoms with van der Waals surface area (Å²) in [5, 5.41) is 12.3. The van der Waals surface area contributed by atoms with Crippen molar-refractivity contribution in [1.82, 2.24) is 10.3 Å². The minimum absolute atomic E-state index is 0.239. The van der Waals surface area contributed by atoms with Gasteiger partial charge in [-0.1, -0.05) is 12.8 Å². The van der Waals surface area contributed by atoms with Crippen LogP contribution in [0, 0.1) is 5.41 Å². The molecule has 114 valence electrons. The predicted octanol–water partition coefficient (Wildman–Crippen LogP) is 1.85. The number of carboxylic acids is 1. The van der Waals surface area contributed by atoms with Gasteiger partial charge < -0.3 is 15.2 Å². The first-order valence-corrected chi connectivity index (χ1v) is 7.02. The second-order valence-corrected chi connectivity index (χ2v) is 5.55. The number of methoxy groups -OCH3 is 1. The summed E-state index contributed by atoms with van der Waals surface area (Å²) in [6.07, 6.45) is 4.55. The van der Waals surface area contributed by atoms with Gasteiger partial charge in [0.25, 0.3) is 5.91 Å². The summed E-state index contributed by atoms with van der Waals surface area (Å²) in [6.45, 7) is 1.69. The van der Waals surface area contributed by atoms with Crippen LogP contribution in [-0.2, 0) is 4.79 Å². The number of aromatic nitrogens is 1. The van der Waals surface area contributed by atoms with Crippen LogP contribution < -0.4 is 10.1 Å². The molecule has 1 heterocycles. The highest BCUT2D eigenvalue weighted by Gasteiger charge is 2.44. The average Bonchev–Trinajstić information content (AvgIpc) is 2.49. The Labute approximate surface area is 123 Å². The summed E-state index contributed by atoms with van der Waals surface area (Å²) in [6, 6.07) is 2.87. The number of rotatable bonds is 4. The maximum atomic E-state index is 12.4. The van der Waals surface area contributed by atoms with E-state index in [-0.39, 0.29) is 17.8 Å². The molecule has 0 aliphatic heterocycles. The minimum Gasteiger partial charge on any atom is -0.481 e. The van der Waals surface area contributed by atoms with Crippen LogP contribution in [-0.4, -0.2) is 35.1 Å². The number of carboxylic acid groups (broad SMARTS) is 1. The smallest absolute Gasteiger partial charge is 0.311 e. The highest BCUT2D eigenvalue weighted by molar-refractivity contribution is 5.96. The Bertz CT molecular complexity index is 546. The van der Waals surface area contributed by atoms with Crippen LogP contribution in [0.2, 0.25) is 0 Å². The number of nitrogens with zero attached hydrogens (tertiary/aromatic N) is 1. The van der Waals surface area contributed by atoms with Crippen molar-refractivity contribution in [1.29, 1.82) is 0 Å². The molecule has 0 saturated heterocycles. The van der Waals surface area contributed by atoms with E-state index in [9.17, 15) is 14.7 Å². The minimum atomic E-state index is -0.927. The lowest BCUT2D eigenvalue weighted by Gasteiger charge is -2.38. The number of hydrogen-bond donors (Lipinski definition) is 2. The molecule has 0 aromatic carbocycles. The van der Waals surface area contributed by atoms with Crippen LogP contribution in [0.3, 0.4) is 0 Å². The molecule has 1 saturated carbocycles. The van der Waals surface area contributed by atoms with Crippen molar-refractivity contribution in [2.75, 3.05) is 7.11 Å². The van der Waals surface area contributed by atoms with Gasteiger partial charge in [-0.3, -0.25) is 9.59 Å². The molecule has 6 nitrogen and oxygen atoms in total. The Morgan fingerprint density at radius 2 is 2.24 bits per heavy atom. The van der Waals surface area contributed by atoms with E-state index in [2.05, 4.69) is 10.3 Å². The van der Waals surface area contributed by atoms with Gasteiger partial charge in [-0.25, -0.2) is 4.98 Å². The lowest BCUT2D eigenvalue weighted by atomic mass is 9.71. The molecule has 2 atom stereocenters. The lowest BCUT2D eigenvalue weighted by Crippen LogP contribution is -2.52. The van der Waals surface area contributed by atoms with E-state index >= 15 is 0 Å². The van der Waals surface area contributed by atoms with Crippen LogP contribution in [0.1, 0.15) is 43.0 Å². The van der Waals surface area contributed by atoms with E-state index in [0.29, 0.717) is 18.4 Å². The molecular formula is C15H20N2O4. The monoisotopic (exact) mass is 292 g/mol. The van der Waals surface area contributed by atoms with Crippen molar-refractivity contribution < 1.29 is 19.4 Å². The molecule has 2 rings (SSSR count). The topological polar surface area (TPSA) is 88.5 Å². The largest absolute Gasteiger partial charge is 0.481 e. The summed E-state index contributed by atoms with van der Waals surface area (Å²) in [4.78, 5) is 27.9. The van der Waals surface area contributed by atoms with Gasteiger partial charge in [0.15, 0.2) is 0 Å². The molecule has 1 aromatic rings. The number of pyridine rings is 1. The average molecular weight is 292 g/mol. The first kappa shape index (κ1) is 15.3. The first-order valence-electron chi connectivity index (χ1n) is 7.02. The molecule has 1 aromatic heterocycles.